The Morgan fingerprint density at radius 1 is 1.12 bits per heavy atom. The topological polar surface area (TPSA) is 49.4 Å². The molecule has 0 saturated carbocycles. The quantitative estimate of drug-likeness (QED) is 0.828. The molecule has 1 aromatic carbocycles. The van der Waals surface area contributed by atoms with Crippen molar-refractivity contribution in [3.63, 3.8) is 0 Å². The second-order valence-electron chi connectivity index (χ2n) is 8.62. The fraction of sp³-hybridized carbons (Fsp3) is 0.700. The summed E-state index contributed by atoms with van der Waals surface area (Å²) in [6.07, 6.45) is 3.49. The van der Waals surface area contributed by atoms with E-state index in [9.17, 15) is 8.42 Å². The molecular formula is C20H32N2O2S2. The normalized spacial score (nSPS) is 23.4. The summed E-state index contributed by atoms with van der Waals surface area (Å²) in [6.45, 7) is 9.16. The lowest BCUT2D eigenvalue weighted by Crippen LogP contribution is -2.43. The van der Waals surface area contributed by atoms with Crippen molar-refractivity contribution in [3.8, 4) is 0 Å². The summed E-state index contributed by atoms with van der Waals surface area (Å²) in [5, 5.41) is 0. The third kappa shape index (κ3) is 5.03. The maximum atomic E-state index is 12.6. The summed E-state index contributed by atoms with van der Waals surface area (Å²) in [7, 11) is -3.42. The largest absolute Gasteiger partial charge is 0.300 e. The number of piperidine rings is 1. The molecule has 2 aliphatic rings. The Kier molecular flexibility index (Phi) is 6.37. The molecule has 2 fully saturated rings. The number of rotatable bonds is 5. The van der Waals surface area contributed by atoms with Gasteiger partial charge in [-0.05, 0) is 67.1 Å². The molecule has 0 spiro atoms. The van der Waals surface area contributed by atoms with E-state index in [4.69, 9.17) is 0 Å². The van der Waals surface area contributed by atoms with E-state index in [1.165, 1.54) is 17.9 Å². The van der Waals surface area contributed by atoms with Gasteiger partial charge >= 0.3 is 0 Å². The summed E-state index contributed by atoms with van der Waals surface area (Å²) in [5.41, 5.74) is 1.18. The molecule has 4 nitrogen and oxygen atoms in total. The minimum atomic E-state index is -3.42. The van der Waals surface area contributed by atoms with Gasteiger partial charge in [0.1, 0.15) is 0 Å². The number of likely N-dealkylation sites (tertiary alicyclic amines) is 1. The van der Waals surface area contributed by atoms with Crippen LogP contribution in [0.25, 0.3) is 0 Å². The van der Waals surface area contributed by atoms with Crippen LogP contribution in [0.15, 0.2) is 29.2 Å². The van der Waals surface area contributed by atoms with Gasteiger partial charge in [-0.2, -0.15) is 11.8 Å². The molecule has 0 unspecified atom stereocenters. The second-order valence-corrected chi connectivity index (χ2v) is 11.5. The number of hydrogen-bond donors (Lipinski definition) is 1. The number of sulfonamides is 1. The first kappa shape index (κ1) is 20.2. The zero-order valence-corrected chi connectivity index (χ0v) is 17.8. The van der Waals surface area contributed by atoms with Crippen LogP contribution in [0, 0.1) is 5.92 Å². The molecule has 1 atom stereocenters. The lowest BCUT2D eigenvalue weighted by atomic mass is 9.87. The molecule has 2 aliphatic heterocycles. The molecule has 146 valence electrons. The molecule has 6 heteroatoms. The zero-order chi connectivity index (χ0) is 18.8. The van der Waals surface area contributed by atoms with Crippen molar-refractivity contribution in [1.82, 2.24) is 9.62 Å². The third-order valence-electron chi connectivity index (χ3n) is 5.66. The average Bonchev–Trinajstić information content (AvgIpc) is 3.14. The van der Waals surface area contributed by atoms with Crippen molar-refractivity contribution in [2.45, 2.75) is 56.4 Å². The Morgan fingerprint density at radius 3 is 2.31 bits per heavy atom. The number of hydrogen-bond acceptors (Lipinski definition) is 4. The van der Waals surface area contributed by atoms with Gasteiger partial charge < -0.3 is 0 Å². The molecule has 26 heavy (non-hydrogen) atoms. The Hall–Kier alpha value is -0.560. The van der Waals surface area contributed by atoms with Gasteiger partial charge in [0.25, 0.3) is 0 Å². The lowest BCUT2D eigenvalue weighted by Gasteiger charge is -2.35. The summed E-state index contributed by atoms with van der Waals surface area (Å²) < 4.78 is 28.0. The molecule has 0 amide bonds. The van der Waals surface area contributed by atoms with E-state index in [1.807, 2.05) is 12.1 Å². The van der Waals surface area contributed by atoms with Crippen molar-refractivity contribution >= 4 is 21.8 Å². The molecule has 3 rings (SSSR count). The zero-order valence-electron chi connectivity index (χ0n) is 16.2. The molecule has 1 aromatic rings. The smallest absolute Gasteiger partial charge is 0.240 e. The Morgan fingerprint density at radius 2 is 1.77 bits per heavy atom. The number of nitrogens with one attached hydrogen (secondary N) is 1. The highest BCUT2D eigenvalue weighted by Crippen LogP contribution is 2.27. The Bertz CT molecular complexity index is 682. The molecule has 0 aromatic heterocycles. The molecule has 0 bridgehead atoms. The number of benzene rings is 1. The van der Waals surface area contributed by atoms with Gasteiger partial charge in [0.05, 0.1) is 4.90 Å². The monoisotopic (exact) mass is 396 g/mol. The average molecular weight is 397 g/mol. The minimum absolute atomic E-state index is 0.0293. The molecule has 2 heterocycles. The van der Waals surface area contributed by atoms with Crippen molar-refractivity contribution in [2.75, 3.05) is 31.1 Å². The number of thioether (sulfide) groups is 1. The molecule has 1 N–H and O–H groups in total. The van der Waals surface area contributed by atoms with E-state index in [-0.39, 0.29) is 5.41 Å². The van der Waals surface area contributed by atoms with E-state index in [0.717, 1.165) is 37.5 Å². The van der Waals surface area contributed by atoms with Gasteiger partial charge in [-0.3, -0.25) is 4.90 Å². The van der Waals surface area contributed by atoms with E-state index >= 15 is 0 Å². The van der Waals surface area contributed by atoms with Crippen LogP contribution in [-0.2, 0) is 15.4 Å². The predicted molar refractivity (Wildman–Crippen MR) is 110 cm³/mol. The SMILES string of the molecule is CC(C)(C)c1ccc(S(=O)(=O)NCC2CCN([C@@H]3CCSC3)CC2)cc1. The first-order chi connectivity index (χ1) is 12.3. The van der Waals surface area contributed by atoms with Gasteiger partial charge in [0.15, 0.2) is 0 Å². The van der Waals surface area contributed by atoms with Crippen LogP contribution < -0.4 is 4.72 Å². The van der Waals surface area contributed by atoms with E-state index in [2.05, 4.69) is 42.2 Å². The maximum Gasteiger partial charge on any atom is 0.240 e. The van der Waals surface area contributed by atoms with Gasteiger partial charge in [0, 0.05) is 18.3 Å². The summed E-state index contributed by atoms with van der Waals surface area (Å²) in [5.74, 6) is 3.00. The van der Waals surface area contributed by atoms with E-state index < -0.39 is 10.0 Å². The van der Waals surface area contributed by atoms with Crippen molar-refractivity contribution in [1.29, 1.82) is 0 Å². The second kappa shape index (κ2) is 8.21. The van der Waals surface area contributed by atoms with Crippen LogP contribution in [-0.4, -0.2) is 50.5 Å². The Balaban J connectivity index is 1.51. The maximum absolute atomic E-state index is 12.6. The molecule has 0 aliphatic carbocycles. The predicted octanol–water partition coefficient (Wildman–Crippen LogP) is 3.48. The van der Waals surface area contributed by atoms with Crippen molar-refractivity contribution < 1.29 is 8.42 Å². The first-order valence-corrected chi connectivity index (χ1v) is 12.3. The fourth-order valence-corrected chi connectivity index (χ4v) is 6.15. The first-order valence-electron chi connectivity index (χ1n) is 9.68. The van der Waals surface area contributed by atoms with Gasteiger partial charge in [-0.15, -0.1) is 0 Å². The van der Waals surface area contributed by atoms with Gasteiger partial charge in [0.2, 0.25) is 10.0 Å². The van der Waals surface area contributed by atoms with Gasteiger partial charge in [-0.25, -0.2) is 13.1 Å². The van der Waals surface area contributed by atoms with Crippen molar-refractivity contribution in [3.05, 3.63) is 29.8 Å². The highest BCUT2D eigenvalue weighted by molar-refractivity contribution is 7.99. The summed E-state index contributed by atoms with van der Waals surface area (Å²) in [6, 6.07) is 8.05. The van der Waals surface area contributed by atoms with Crippen LogP contribution in [0.1, 0.15) is 45.6 Å². The number of nitrogens with zero attached hydrogens (tertiary/aromatic N) is 1. The van der Waals surface area contributed by atoms with E-state index in [1.54, 1.807) is 12.1 Å². The third-order valence-corrected chi connectivity index (χ3v) is 8.25. The van der Waals surface area contributed by atoms with Crippen molar-refractivity contribution in [2.24, 2.45) is 5.92 Å². The Labute approximate surface area is 163 Å². The standard InChI is InChI=1S/C20H32N2O2S2/c1-20(2,3)17-4-6-19(7-5-17)26(23,24)21-14-16-8-11-22(12-9-16)18-10-13-25-15-18/h4-7,16,18,21H,8-15H2,1-3H3/t18-/m1/s1. The fourth-order valence-electron chi connectivity index (χ4n) is 3.78. The highest BCUT2D eigenvalue weighted by Gasteiger charge is 2.28. The molecular weight excluding hydrogens is 364 g/mol. The van der Waals surface area contributed by atoms with Crippen LogP contribution in [0.5, 0.6) is 0 Å². The lowest BCUT2D eigenvalue weighted by molar-refractivity contribution is 0.145. The highest BCUT2D eigenvalue weighted by atomic mass is 32.2. The van der Waals surface area contributed by atoms with E-state index in [0.29, 0.717) is 17.4 Å². The van der Waals surface area contributed by atoms with Crippen LogP contribution in [0.2, 0.25) is 0 Å². The summed E-state index contributed by atoms with van der Waals surface area (Å²) >= 11 is 2.06. The molecule has 2 saturated heterocycles. The van der Waals surface area contributed by atoms with Crippen LogP contribution >= 0.6 is 11.8 Å². The molecule has 0 radical (unpaired) electrons. The van der Waals surface area contributed by atoms with Crippen LogP contribution in [0.3, 0.4) is 0 Å². The van der Waals surface area contributed by atoms with Gasteiger partial charge in [-0.1, -0.05) is 32.9 Å². The minimum Gasteiger partial charge on any atom is -0.300 e. The van der Waals surface area contributed by atoms with Crippen LogP contribution in [0.4, 0.5) is 0 Å². The summed E-state index contributed by atoms with van der Waals surface area (Å²) in [4.78, 5) is 2.97.